The Morgan fingerprint density at radius 3 is 2.73 bits per heavy atom. The zero-order valence-corrected chi connectivity index (χ0v) is 14.4. The summed E-state index contributed by atoms with van der Waals surface area (Å²) >= 11 is 0. The smallest absolute Gasteiger partial charge is 0.213 e. The van der Waals surface area contributed by atoms with Crippen molar-refractivity contribution in [2.75, 3.05) is 20.1 Å². The van der Waals surface area contributed by atoms with Gasteiger partial charge in [0, 0.05) is 38.9 Å². The van der Waals surface area contributed by atoms with E-state index < -0.39 is 0 Å². The number of hydrogen-bond acceptors (Lipinski definition) is 3. The maximum atomic E-state index is 5.56. The highest BCUT2D eigenvalue weighted by Crippen LogP contribution is 2.28. The quantitative estimate of drug-likeness (QED) is 0.686. The minimum Gasteiger partial charge on any atom is -0.475 e. The van der Waals surface area contributed by atoms with Gasteiger partial charge in [-0.3, -0.25) is 4.99 Å². The molecule has 122 valence electrons. The van der Waals surface area contributed by atoms with Crippen molar-refractivity contribution in [3.8, 4) is 5.88 Å². The van der Waals surface area contributed by atoms with Gasteiger partial charge in [-0.2, -0.15) is 0 Å². The van der Waals surface area contributed by atoms with E-state index in [0.717, 1.165) is 31.2 Å². The Balaban J connectivity index is 1.88. The lowest BCUT2D eigenvalue weighted by Crippen LogP contribution is -2.40. The predicted octanol–water partition coefficient (Wildman–Crippen LogP) is 2.68. The average Bonchev–Trinajstić information content (AvgIpc) is 2.81. The number of hydrogen-bond donors (Lipinski definition) is 1. The van der Waals surface area contributed by atoms with Gasteiger partial charge in [0.25, 0.3) is 0 Å². The molecule has 0 radical (unpaired) electrons. The van der Waals surface area contributed by atoms with E-state index in [1.54, 1.807) is 0 Å². The molecule has 0 spiro atoms. The maximum Gasteiger partial charge on any atom is 0.213 e. The van der Waals surface area contributed by atoms with Crippen molar-refractivity contribution in [2.24, 2.45) is 10.4 Å². The van der Waals surface area contributed by atoms with Gasteiger partial charge in [-0.1, -0.05) is 19.9 Å². The van der Waals surface area contributed by atoms with Crippen molar-refractivity contribution >= 4 is 5.96 Å². The van der Waals surface area contributed by atoms with Crippen LogP contribution in [-0.2, 0) is 6.54 Å². The van der Waals surface area contributed by atoms with E-state index in [1.807, 2.05) is 39.2 Å². The van der Waals surface area contributed by atoms with Crippen molar-refractivity contribution in [3.05, 3.63) is 23.9 Å². The number of aromatic nitrogens is 1. The van der Waals surface area contributed by atoms with Crippen LogP contribution in [0.15, 0.2) is 23.3 Å². The third kappa shape index (κ3) is 4.61. The van der Waals surface area contributed by atoms with Crippen LogP contribution in [0.4, 0.5) is 0 Å². The number of pyridine rings is 1. The third-order valence-corrected chi connectivity index (χ3v) is 3.79. The molecule has 22 heavy (non-hydrogen) atoms. The molecule has 5 nitrogen and oxygen atoms in total. The van der Waals surface area contributed by atoms with Gasteiger partial charge in [0.15, 0.2) is 5.96 Å². The zero-order chi connectivity index (χ0) is 16.2. The SMILES string of the molecule is CN=C(NCc1ccc(OC(C)C)nc1)N1CCC(C)(C)C1. The molecular formula is C17H28N4O. The summed E-state index contributed by atoms with van der Waals surface area (Å²) < 4.78 is 5.56. The first-order valence-corrected chi connectivity index (χ1v) is 7.97. The highest BCUT2D eigenvalue weighted by molar-refractivity contribution is 5.80. The molecule has 0 amide bonds. The van der Waals surface area contributed by atoms with E-state index in [-0.39, 0.29) is 6.10 Å². The Morgan fingerprint density at radius 1 is 1.45 bits per heavy atom. The summed E-state index contributed by atoms with van der Waals surface area (Å²) in [5, 5.41) is 3.42. The maximum absolute atomic E-state index is 5.56. The molecule has 1 fully saturated rings. The lowest BCUT2D eigenvalue weighted by atomic mass is 9.93. The fourth-order valence-electron chi connectivity index (χ4n) is 2.63. The Morgan fingerprint density at radius 2 is 2.23 bits per heavy atom. The van der Waals surface area contributed by atoms with Crippen molar-refractivity contribution in [2.45, 2.75) is 46.8 Å². The van der Waals surface area contributed by atoms with Crippen LogP contribution in [-0.4, -0.2) is 42.1 Å². The minimum absolute atomic E-state index is 0.147. The van der Waals surface area contributed by atoms with E-state index >= 15 is 0 Å². The second kappa shape index (κ2) is 6.99. The molecule has 0 bridgehead atoms. The molecule has 0 unspecified atom stereocenters. The van der Waals surface area contributed by atoms with Crippen molar-refractivity contribution in [3.63, 3.8) is 0 Å². The summed E-state index contributed by atoms with van der Waals surface area (Å²) in [6.07, 6.45) is 3.21. The number of likely N-dealkylation sites (tertiary alicyclic amines) is 1. The molecule has 0 atom stereocenters. The highest BCUT2D eigenvalue weighted by Gasteiger charge is 2.30. The van der Waals surface area contributed by atoms with E-state index in [2.05, 4.69) is 34.0 Å². The lowest BCUT2D eigenvalue weighted by molar-refractivity contribution is 0.232. The van der Waals surface area contributed by atoms with Crippen LogP contribution in [0.25, 0.3) is 0 Å². The second-order valence-electron chi connectivity index (χ2n) is 6.91. The normalized spacial score (nSPS) is 17.9. The molecule has 2 rings (SSSR count). The molecule has 0 aromatic carbocycles. The molecule has 2 heterocycles. The second-order valence-corrected chi connectivity index (χ2v) is 6.91. The Kier molecular flexibility index (Phi) is 5.27. The van der Waals surface area contributed by atoms with Crippen LogP contribution in [0, 0.1) is 5.41 Å². The first-order chi connectivity index (χ1) is 10.4. The first-order valence-electron chi connectivity index (χ1n) is 7.97. The van der Waals surface area contributed by atoms with Gasteiger partial charge in [-0.05, 0) is 31.2 Å². The van der Waals surface area contributed by atoms with Crippen molar-refractivity contribution in [1.29, 1.82) is 0 Å². The molecule has 1 aromatic heterocycles. The van der Waals surface area contributed by atoms with Gasteiger partial charge in [0.05, 0.1) is 6.10 Å². The highest BCUT2D eigenvalue weighted by atomic mass is 16.5. The van der Waals surface area contributed by atoms with E-state index in [1.165, 1.54) is 6.42 Å². The summed E-state index contributed by atoms with van der Waals surface area (Å²) in [4.78, 5) is 11.0. The monoisotopic (exact) mass is 304 g/mol. The molecule has 1 aliphatic heterocycles. The van der Waals surface area contributed by atoms with Crippen LogP contribution >= 0.6 is 0 Å². The molecule has 1 aliphatic rings. The van der Waals surface area contributed by atoms with E-state index in [9.17, 15) is 0 Å². The largest absolute Gasteiger partial charge is 0.475 e. The van der Waals surface area contributed by atoms with Crippen LogP contribution in [0.5, 0.6) is 5.88 Å². The van der Waals surface area contributed by atoms with Gasteiger partial charge in [0.1, 0.15) is 0 Å². The number of nitrogens with one attached hydrogen (secondary N) is 1. The molecule has 0 aliphatic carbocycles. The molecule has 0 saturated carbocycles. The fourth-order valence-corrected chi connectivity index (χ4v) is 2.63. The molecular weight excluding hydrogens is 276 g/mol. The Hall–Kier alpha value is -1.78. The van der Waals surface area contributed by atoms with Crippen molar-refractivity contribution in [1.82, 2.24) is 15.2 Å². The topological polar surface area (TPSA) is 49.8 Å². The summed E-state index contributed by atoms with van der Waals surface area (Å²) in [6, 6.07) is 3.96. The number of ether oxygens (including phenoxy) is 1. The number of nitrogens with zero attached hydrogens (tertiary/aromatic N) is 3. The summed E-state index contributed by atoms with van der Waals surface area (Å²) in [7, 11) is 1.84. The molecule has 1 N–H and O–H groups in total. The van der Waals surface area contributed by atoms with Gasteiger partial charge < -0.3 is 15.0 Å². The van der Waals surface area contributed by atoms with Crippen LogP contribution in [0.3, 0.4) is 0 Å². The average molecular weight is 304 g/mol. The molecule has 5 heteroatoms. The summed E-state index contributed by atoms with van der Waals surface area (Å²) in [6.45, 7) is 11.4. The Labute approximate surface area is 133 Å². The van der Waals surface area contributed by atoms with E-state index in [4.69, 9.17) is 4.74 Å². The van der Waals surface area contributed by atoms with Gasteiger partial charge >= 0.3 is 0 Å². The zero-order valence-electron chi connectivity index (χ0n) is 14.4. The Bertz CT molecular complexity index is 508. The van der Waals surface area contributed by atoms with Crippen LogP contribution < -0.4 is 10.1 Å². The number of aliphatic imine (C=N–C) groups is 1. The standard InChI is InChI=1S/C17H28N4O/c1-13(2)22-15-7-6-14(10-19-15)11-20-16(18-5)21-9-8-17(3,4)12-21/h6-7,10,13H,8-9,11-12H2,1-5H3,(H,18,20). The number of rotatable bonds is 4. The summed E-state index contributed by atoms with van der Waals surface area (Å²) in [5.41, 5.74) is 1.49. The minimum atomic E-state index is 0.147. The van der Waals surface area contributed by atoms with Crippen LogP contribution in [0.2, 0.25) is 0 Å². The molecule has 1 saturated heterocycles. The van der Waals surface area contributed by atoms with Crippen LogP contribution in [0.1, 0.15) is 39.7 Å². The van der Waals surface area contributed by atoms with Gasteiger partial charge in [0.2, 0.25) is 5.88 Å². The molecule has 1 aromatic rings. The fraction of sp³-hybridized carbons (Fsp3) is 0.647. The third-order valence-electron chi connectivity index (χ3n) is 3.79. The van der Waals surface area contributed by atoms with Crippen molar-refractivity contribution < 1.29 is 4.74 Å². The predicted molar refractivity (Wildman–Crippen MR) is 90.2 cm³/mol. The summed E-state index contributed by atoms with van der Waals surface area (Å²) in [5.74, 6) is 1.64. The first kappa shape index (κ1) is 16.6. The number of guanidine groups is 1. The lowest BCUT2D eigenvalue weighted by Gasteiger charge is -2.23. The van der Waals surface area contributed by atoms with Gasteiger partial charge in [-0.15, -0.1) is 0 Å². The van der Waals surface area contributed by atoms with E-state index in [0.29, 0.717) is 11.3 Å². The van der Waals surface area contributed by atoms with Gasteiger partial charge in [-0.25, -0.2) is 4.98 Å².